The van der Waals surface area contributed by atoms with Crippen molar-refractivity contribution in [3.8, 4) is 5.75 Å². The van der Waals surface area contributed by atoms with Crippen molar-refractivity contribution in [2.75, 3.05) is 13.7 Å². The second-order valence-corrected chi connectivity index (χ2v) is 5.12. The van der Waals surface area contributed by atoms with Crippen molar-refractivity contribution in [2.45, 2.75) is 13.0 Å². The van der Waals surface area contributed by atoms with Crippen molar-refractivity contribution in [1.82, 2.24) is 5.32 Å². The lowest BCUT2D eigenvalue weighted by Crippen LogP contribution is -2.31. The Morgan fingerprint density at radius 3 is 2.46 bits per heavy atom. The summed E-state index contributed by atoms with van der Waals surface area (Å²) in [6.07, 6.45) is 0. The van der Waals surface area contributed by atoms with Crippen LogP contribution in [-0.4, -0.2) is 25.6 Å². The molecule has 1 amide bonds. The first kappa shape index (κ1) is 17.5. The van der Waals surface area contributed by atoms with Crippen LogP contribution in [0.1, 0.15) is 28.9 Å². The number of hydrogen-bond acceptors (Lipinski definition) is 4. The molecule has 0 saturated carbocycles. The van der Waals surface area contributed by atoms with Crippen LogP contribution in [0.3, 0.4) is 0 Å². The fraction of sp³-hybridized carbons (Fsp3) is 0.222. The van der Waals surface area contributed by atoms with Crippen LogP contribution in [0, 0.1) is 5.82 Å². The molecule has 0 aliphatic heterocycles. The lowest BCUT2D eigenvalue weighted by atomic mass is 10.1. The van der Waals surface area contributed by atoms with E-state index in [1.54, 1.807) is 43.3 Å². The summed E-state index contributed by atoms with van der Waals surface area (Å²) in [7, 11) is 1.27. The van der Waals surface area contributed by atoms with Gasteiger partial charge in [0.25, 0.3) is 5.91 Å². The molecular weight excluding hydrogens is 313 g/mol. The first-order valence-electron chi connectivity index (χ1n) is 7.36. The second kappa shape index (κ2) is 8.10. The average Bonchev–Trinajstić information content (AvgIpc) is 2.60. The molecule has 0 unspecified atom stereocenters. The molecule has 0 heterocycles. The molecule has 0 saturated heterocycles. The molecule has 0 aliphatic carbocycles. The number of carbonyl (C=O) groups excluding carboxylic acids is 2. The molecule has 0 spiro atoms. The molecule has 0 fully saturated rings. The molecule has 0 aliphatic rings. The Kier molecular flexibility index (Phi) is 5.89. The van der Waals surface area contributed by atoms with Crippen LogP contribution in [0.25, 0.3) is 0 Å². The maximum absolute atomic E-state index is 12.9. The molecule has 0 bridgehead atoms. The Bertz CT molecular complexity index is 715. The summed E-state index contributed by atoms with van der Waals surface area (Å²) in [6.45, 7) is 1.53. The Morgan fingerprint density at radius 2 is 1.79 bits per heavy atom. The third kappa shape index (κ3) is 4.55. The van der Waals surface area contributed by atoms with Gasteiger partial charge in [-0.25, -0.2) is 9.18 Å². The third-order valence-electron chi connectivity index (χ3n) is 3.40. The van der Waals surface area contributed by atoms with Gasteiger partial charge in [0.1, 0.15) is 17.1 Å². The van der Waals surface area contributed by atoms with Crippen LogP contribution in [0.15, 0.2) is 48.5 Å². The van der Waals surface area contributed by atoms with Gasteiger partial charge in [0.15, 0.2) is 6.61 Å². The molecule has 2 aromatic carbocycles. The first-order chi connectivity index (χ1) is 11.5. The standard InChI is InChI=1S/C18H18FNO4/c1-12(13-7-9-14(19)10-8-13)20-17(21)11-24-16-6-4-3-5-15(16)18(22)23-2/h3-10,12H,11H2,1-2H3,(H,20,21)/t12-/m0/s1. The number of benzene rings is 2. The van der Waals surface area contributed by atoms with E-state index in [2.05, 4.69) is 10.1 Å². The van der Waals surface area contributed by atoms with Gasteiger partial charge in [0.2, 0.25) is 0 Å². The Morgan fingerprint density at radius 1 is 1.12 bits per heavy atom. The summed E-state index contributed by atoms with van der Waals surface area (Å²) < 4.78 is 23.0. The van der Waals surface area contributed by atoms with E-state index < -0.39 is 5.97 Å². The van der Waals surface area contributed by atoms with Gasteiger partial charge in [-0.3, -0.25) is 4.79 Å². The van der Waals surface area contributed by atoms with Gasteiger partial charge in [-0.05, 0) is 36.8 Å². The smallest absolute Gasteiger partial charge is 0.341 e. The lowest BCUT2D eigenvalue weighted by molar-refractivity contribution is -0.123. The van der Waals surface area contributed by atoms with Crippen molar-refractivity contribution >= 4 is 11.9 Å². The van der Waals surface area contributed by atoms with E-state index in [0.29, 0.717) is 0 Å². The quantitative estimate of drug-likeness (QED) is 0.827. The number of amides is 1. The van der Waals surface area contributed by atoms with Crippen LogP contribution in [0.4, 0.5) is 4.39 Å². The highest BCUT2D eigenvalue weighted by Crippen LogP contribution is 2.19. The lowest BCUT2D eigenvalue weighted by Gasteiger charge is -2.15. The normalized spacial score (nSPS) is 11.5. The second-order valence-electron chi connectivity index (χ2n) is 5.12. The fourth-order valence-electron chi connectivity index (χ4n) is 2.13. The van der Waals surface area contributed by atoms with Crippen molar-refractivity contribution in [3.63, 3.8) is 0 Å². The van der Waals surface area contributed by atoms with Gasteiger partial charge < -0.3 is 14.8 Å². The molecule has 6 heteroatoms. The Balaban J connectivity index is 1.94. The maximum atomic E-state index is 12.9. The summed E-state index contributed by atoms with van der Waals surface area (Å²) in [5.41, 5.74) is 1.03. The highest BCUT2D eigenvalue weighted by Gasteiger charge is 2.14. The predicted octanol–water partition coefficient (Wildman–Crippen LogP) is 2.87. The maximum Gasteiger partial charge on any atom is 0.341 e. The van der Waals surface area contributed by atoms with Crippen LogP contribution < -0.4 is 10.1 Å². The number of ether oxygens (including phenoxy) is 2. The minimum Gasteiger partial charge on any atom is -0.483 e. The van der Waals surface area contributed by atoms with E-state index in [0.717, 1.165) is 5.56 Å². The van der Waals surface area contributed by atoms with Gasteiger partial charge in [-0.15, -0.1) is 0 Å². The van der Waals surface area contributed by atoms with Crippen LogP contribution in [-0.2, 0) is 9.53 Å². The summed E-state index contributed by atoms with van der Waals surface area (Å²) >= 11 is 0. The first-order valence-corrected chi connectivity index (χ1v) is 7.36. The minimum atomic E-state index is -0.536. The van der Waals surface area contributed by atoms with Crippen LogP contribution in [0.2, 0.25) is 0 Å². The number of nitrogens with one attached hydrogen (secondary N) is 1. The zero-order chi connectivity index (χ0) is 17.5. The van der Waals surface area contributed by atoms with Crippen molar-refractivity contribution in [3.05, 3.63) is 65.5 Å². The number of carbonyl (C=O) groups is 2. The zero-order valence-electron chi connectivity index (χ0n) is 13.4. The monoisotopic (exact) mass is 331 g/mol. The van der Waals surface area contributed by atoms with Gasteiger partial charge >= 0.3 is 5.97 Å². The van der Waals surface area contributed by atoms with Gasteiger partial charge in [-0.1, -0.05) is 24.3 Å². The molecule has 1 N–H and O–H groups in total. The molecule has 1 atom stereocenters. The summed E-state index contributed by atoms with van der Waals surface area (Å²) in [4.78, 5) is 23.6. The molecule has 0 aromatic heterocycles. The van der Waals surface area contributed by atoms with Gasteiger partial charge in [0.05, 0.1) is 13.2 Å². The number of halogens is 1. The number of hydrogen-bond donors (Lipinski definition) is 1. The highest BCUT2D eigenvalue weighted by atomic mass is 19.1. The molecular formula is C18H18FNO4. The van der Waals surface area contributed by atoms with Crippen LogP contribution >= 0.6 is 0 Å². The van der Waals surface area contributed by atoms with E-state index in [-0.39, 0.29) is 35.7 Å². The Hall–Kier alpha value is -2.89. The number of rotatable bonds is 6. The number of para-hydroxylation sites is 1. The topological polar surface area (TPSA) is 64.6 Å². The fourth-order valence-corrected chi connectivity index (χ4v) is 2.13. The van der Waals surface area contributed by atoms with Gasteiger partial charge in [0, 0.05) is 0 Å². The van der Waals surface area contributed by atoms with Crippen LogP contribution in [0.5, 0.6) is 5.75 Å². The summed E-state index contributed by atoms with van der Waals surface area (Å²) in [6, 6.07) is 12.1. The SMILES string of the molecule is COC(=O)c1ccccc1OCC(=O)N[C@@H](C)c1ccc(F)cc1. The number of methoxy groups -OCH3 is 1. The molecule has 5 nitrogen and oxygen atoms in total. The largest absolute Gasteiger partial charge is 0.483 e. The molecule has 2 aromatic rings. The summed E-state index contributed by atoms with van der Waals surface area (Å²) in [5.74, 6) is -0.953. The number of esters is 1. The highest BCUT2D eigenvalue weighted by molar-refractivity contribution is 5.92. The zero-order valence-corrected chi connectivity index (χ0v) is 13.4. The molecule has 0 radical (unpaired) electrons. The van der Waals surface area contributed by atoms with E-state index >= 15 is 0 Å². The predicted molar refractivity (Wildman–Crippen MR) is 86.2 cm³/mol. The van der Waals surface area contributed by atoms with Crippen molar-refractivity contribution in [1.29, 1.82) is 0 Å². The summed E-state index contributed by atoms with van der Waals surface area (Å²) in [5, 5.41) is 2.75. The van der Waals surface area contributed by atoms with E-state index in [1.807, 2.05) is 0 Å². The third-order valence-corrected chi connectivity index (χ3v) is 3.40. The minimum absolute atomic E-state index is 0.249. The van der Waals surface area contributed by atoms with Crippen molar-refractivity contribution < 1.29 is 23.5 Å². The van der Waals surface area contributed by atoms with E-state index in [9.17, 15) is 14.0 Å². The molecule has 2 rings (SSSR count). The Labute approximate surface area is 139 Å². The molecule has 24 heavy (non-hydrogen) atoms. The van der Waals surface area contributed by atoms with E-state index in [4.69, 9.17) is 4.74 Å². The average molecular weight is 331 g/mol. The van der Waals surface area contributed by atoms with Crippen molar-refractivity contribution in [2.24, 2.45) is 0 Å². The molecule has 126 valence electrons. The van der Waals surface area contributed by atoms with E-state index in [1.165, 1.54) is 19.2 Å². The van der Waals surface area contributed by atoms with Gasteiger partial charge in [-0.2, -0.15) is 0 Å².